The van der Waals surface area contributed by atoms with E-state index in [0.29, 0.717) is 18.5 Å². The predicted octanol–water partition coefficient (Wildman–Crippen LogP) is 4.58. The summed E-state index contributed by atoms with van der Waals surface area (Å²) in [5, 5.41) is 13.2. The Balaban J connectivity index is 1.56. The fourth-order valence-corrected chi connectivity index (χ4v) is 5.35. The molecule has 0 fully saturated rings. The van der Waals surface area contributed by atoms with Crippen LogP contribution in [0.4, 0.5) is 5.00 Å². The van der Waals surface area contributed by atoms with Crippen LogP contribution in [0.2, 0.25) is 0 Å². The van der Waals surface area contributed by atoms with Crippen LogP contribution in [0.3, 0.4) is 0 Å². The van der Waals surface area contributed by atoms with Gasteiger partial charge in [-0.3, -0.25) is 4.79 Å². The highest BCUT2D eigenvalue weighted by molar-refractivity contribution is 7.16. The Morgan fingerprint density at radius 1 is 1.28 bits per heavy atom. The molecule has 1 aromatic carbocycles. The molecule has 1 heterocycles. The molecular weight excluding hydrogens is 382 g/mol. The van der Waals surface area contributed by atoms with Crippen molar-refractivity contribution in [3.63, 3.8) is 0 Å². The van der Waals surface area contributed by atoms with E-state index in [-0.39, 0.29) is 5.91 Å². The molecular formula is C23H29N3O2S. The number of nitrogens with zero attached hydrogens (tertiary/aromatic N) is 2. The summed E-state index contributed by atoms with van der Waals surface area (Å²) < 4.78 is 5.43. The van der Waals surface area contributed by atoms with Crippen molar-refractivity contribution in [2.75, 3.05) is 26.0 Å². The van der Waals surface area contributed by atoms with Crippen LogP contribution in [-0.4, -0.2) is 31.5 Å². The SMILES string of the molecule is COc1c(C)cc(CN(C)CCC(=O)Nc2sc3c(c2C#N)CCCC3)cc1C. The van der Waals surface area contributed by atoms with Crippen LogP contribution in [0.15, 0.2) is 12.1 Å². The number of benzene rings is 1. The molecule has 5 nitrogen and oxygen atoms in total. The minimum Gasteiger partial charge on any atom is -0.496 e. The number of ether oxygens (including phenoxy) is 1. The average Bonchev–Trinajstić information content (AvgIpc) is 3.03. The maximum atomic E-state index is 12.5. The summed E-state index contributed by atoms with van der Waals surface area (Å²) in [7, 11) is 3.72. The molecule has 2 aromatic rings. The molecule has 0 atom stereocenters. The van der Waals surface area contributed by atoms with Crippen LogP contribution in [-0.2, 0) is 24.2 Å². The first-order valence-corrected chi connectivity index (χ1v) is 10.9. The van der Waals surface area contributed by atoms with Gasteiger partial charge in [0.15, 0.2) is 0 Å². The molecule has 0 unspecified atom stereocenters. The lowest BCUT2D eigenvalue weighted by molar-refractivity contribution is -0.116. The van der Waals surface area contributed by atoms with Crippen molar-refractivity contribution in [3.8, 4) is 11.8 Å². The highest BCUT2D eigenvalue weighted by Gasteiger charge is 2.21. The smallest absolute Gasteiger partial charge is 0.226 e. The van der Waals surface area contributed by atoms with Gasteiger partial charge in [-0.2, -0.15) is 5.26 Å². The van der Waals surface area contributed by atoms with Crippen molar-refractivity contribution in [2.24, 2.45) is 0 Å². The number of thiophene rings is 1. The summed E-state index contributed by atoms with van der Waals surface area (Å²) in [5.74, 6) is 0.900. The van der Waals surface area contributed by atoms with E-state index in [0.717, 1.165) is 53.2 Å². The van der Waals surface area contributed by atoms with Gasteiger partial charge in [0.05, 0.1) is 12.7 Å². The molecule has 0 aliphatic heterocycles. The molecule has 0 radical (unpaired) electrons. The zero-order valence-electron chi connectivity index (χ0n) is 17.7. The zero-order chi connectivity index (χ0) is 21.0. The van der Waals surface area contributed by atoms with Gasteiger partial charge in [0.1, 0.15) is 16.8 Å². The maximum Gasteiger partial charge on any atom is 0.226 e. The van der Waals surface area contributed by atoms with Gasteiger partial charge in [0, 0.05) is 24.4 Å². The lowest BCUT2D eigenvalue weighted by Crippen LogP contribution is -2.24. The molecule has 6 heteroatoms. The number of fused-ring (bicyclic) bond motifs is 1. The Morgan fingerprint density at radius 2 is 1.97 bits per heavy atom. The van der Waals surface area contributed by atoms with Gasteiger partial charge in [0.2, 0.25) is 5.91 Å². The third-order valence-corrected chi connectivity index (χ3v) is 6.64. The summed E-state index contributed by atoms with van der Waals surface area (Å²) >= 11 is 1.58. The van der Waals surface area contributed by atoms with Gasteiger partial charge in [-0.25, -0.2) is 0 Å². The van der Waals surface area contributed by atoms with E-state index in [1.165, 1.54) is 16.9 Å². The molecule has 1 aliphatic rings. The fourth-order valence-electron chi connectivity index (χ4n) is 4.10. The second kappa shape index (κ2) is 9.43. The number of amides is 1. The van der Waals surface area contributed by atoms with E-state index in [2.05, 4.69) is 42.3 Å². The first kappa shape index (κ1) is 21.4. The largest absolute Gasteiger partial charge is 0.496 e. The quantitative estimate of drug-likeness (QED) is 0.724. The molecule has 0 bridgehead atoms. The summed E-state index contributed by atoms with van der Waals surface area (Å²) in [6.45, 7) is 5.53. The maximum absolute atomic E-state index is 12.5. The molecule has 29 heavy (non-hydrogen) atoms. The number of anilines is 1. The highest BCUT2D eigenvalue weighted by atomic mass is 32.1. The predicted molar refractivity (Wildman–Crippen MR) is 118 cm³/mol. The monoisotopic (exact) mass is 411 g/mol. The van der Waals surface area contributed by atoms with Gasteiger partial charge in [-0.05, 0) is 68.8 Å². The lowest BCUT2D eigenvalue weighted by atomic mass is 9.96. The Hall–Kier alpha value is -2.36. The minimum absolute atomic E-state index is 0.0333. The van der Waals surface area contributed by atoms with Crippen molar-refractivity contribution in [1.29, 1.82) is 5.26 Å². The van der Waals surface area contributed by atoms with Crippen molar-refractivity contribution < 1.29 is 9.53 Å². The minimum atomic E-state index is -0.0333. The van der Waals surface area contributed by atoms with E-state index < -0.39 is 0 Å². The Bertz CT molecular complexity index is 919. The van der Waals surface area contributed by atoms with Crippen molar-refractivity contribution in [1.82, 2.24) is 4.90 Å². The Labute approximate surface area is 177 Å². The molecule has 1 aromatic heterocycles. The standard InChI is InChI=1S/C23H29N3O2S/c1-15-11-17(12-16(2)22(15)28-4)14-26(3)10-9-21(27)25-23-19(13-24)18-7-5-6-8-20(18)29-23/h11-12H,5-10,14H2,1-4H3,(H,25,27). The van der Waals surface area contributed by atoms with Crippen LogP contribution < -0.4 is 10.1 Å². The Morgan fingerprint density at radius 3 is 2.62 bits per heavy atom. The lowest BCUT2D eigenvalue weighted by Gasteiger charge is -2.18. The van der Waals surface area contributed by atoms with Gasteiger partial charge in [0.25, 0.3) is 0 Å². The third kappa shape index (κ3) is 4.98. The number of nitrogens with one attached hydrogen (secondary N) is 1. The number of carbonyl (C=O) groups is 1. The molecule has 1 N–H and O–H groups in total. The number of nitriles is 1. The molecule has 0 saturated heterocycles. The van der Waals surface area contributed by atoms with Crippen LogP contribution in [0.1, 0.15) is 52.0 Å². The molecule has 1 amide bonds. The van der Waals surface area contributed by atoms with Crippen LogP contribution in [0.5, 0.6) is 5.75 Å². The molecule has 3 rings (SSSR count). The van der Waals surface area contributed by atoms with Crippen LogP contribution in [0.25, 0.3) is 0 Å². The van der Waals surface area contributed by atoms with Gasteiger partial charge < -0.3 is 15.0 Å². The second-order valence-corrected chi connectivity index (χ2v) is 8.93. The van der Waals surface area contributed by atoms with Crippen LogP contribution in [0, 0.1) is 25.2 Å². The van der Waals surface area contributed by atoms with E-state index in [9.17, 15) is 10.1 Å². The van der Waals surface area contributed by atoms with Crippen LogP contribution >= 0.6 is 11.3 Å². The number of aryl methyl sites for hydroxylation is 3. The zero-order valence-corrected chi connectivity index (χ0v) is 18.5. The number of hydrogen-bond donors (Lipinski definition) is 1. The Kier molecular flexibility index (Phi) is 6.94. The van der Waals surface area contributed by atoms with E-state index in [1.54, 1.807) is 18.4 Å². The number of hydrogen-bond acceptors (Lipinski definition) is 5. The topological polar surface area (TPSA) is 65.4 Å². The van der Waals surface area contributed by atoms with Crippen molar-refractivity contribution in [2.45, 2.75) is 52.5 Å². The highest BCUT2D eigenvalue weighted by Crippen LogP contribution is 2.37. The van der Waals surface area contributed by atoms with Gasteiger partial charge >= 0.3 is 0 Å². The molecule has 0 saturated carbocycles. The van der Waals surface area contributed by atoms with Crippen molar-refractivity contribution >= 4 is 22.2 Å². The summed E-state index contributed by atoms with van der Waals surface area (Å²) in [5.41, 5.74) is 5.29. The van der Waals surface area contributed by atoms with Gasteiger partial charge in [-0.1, -0.05) is 12.1 Å². The second-order valence-electron chi connectivity index (χ2n) is 7.83. The summed E-state index contributed by atoms with van der Waals surface area (Å²) in [4.78, 5) is 15.9. The van der Waals surface area contributed by atoms with E-state index in [4.69, 9.17) is 4.74 Å². The number of carbonyl (C=O) groups excluding carboxylic acids is 1. The van der Waals surface area contributed by atoms with Gasteiger partial charge in [-0.15, -0.1) is 11.3 Å². The number of methoxy groups -OCH3 is 1. The first-order chi connectivity index (χ1) is 13.9. The number of rotatable bonds is 7. The average molecular weight is 412 g/mol. The summed E-state index contributed by atoms with van der Waals surface area (Å²) in [6.07, 6.45) is 4.67. The summed E-state index contributed by atoms with van der Waals surface area (Å²) in [6, 6.07) is 6.57. The third-order valence-electron chi connectivity index (χ3n) is 5.43. The normalized spacial score (nSPS) is 13.1. The molecule has 154 valence electrons. The fraction of sp³-hybridized carbons (Fsp3) is 0.478. The van der Waals surface area contributed by atoms with E-state index >= 15 is 0 Å². The van der Waals surface area contributed by atoms with E-state index in [1.807, 2.05) is 7.05 Å². The molecule has 0 spiro atoms. The van der Waals surface area contributed by atoms with Crippen molar-refractivity contribution in [3.05, 3.63) is 44.8 Å². The molecule has 1 aliphatic carbocycles. The first-order valence-electron chi connectivity index (χ1n) is 10.1.